The summed E-state index contributed by atoms with van der Waals surface area (Å²) in [5.74, 6) is 1.43. The van der Waals surface area contributed by atoms with Crippen LogP contribution < -0.4 is 14.9 Å². The summed E-state index contributed by atoms with van der Waals surface area (Å²) in [6.07, 6.45) is 5.28. The van der Waals surface area contributed by atoms with Crippen molar-refractivity contribution in [2.75, 3.05) is 36.4 Å². The van der Waals surface area contributed by atoms with Gasteiger partial charge in [-0.3, -0.25) is 0 Å². The Bertz CT molecular complexity index is 828. The number of sulfonamides is 1. The maximum atomic E-state index is 12.1. The Labute approximate surface area is 147 Å². The van der Waals surface area contributed by atoms with E-state index in [2.05, 4.69) is 29.9 Å². The lowest BCUT2D eigenvalue weighted by Crippen LogP contribution is -2.29. The van der Waals surface area contributed by atoms with E-state index in [-0.39, 0.29) is 11.6 Å². The summed E-state index contributed by atoms with van der Waals surface area (Å²) >= 11 is 0. The number of nitrogens with zero attached hydrogens (tertiary/aromatic N) is 5. The normalized spacial score (nSPS) is 14.9. The highest BCUT2D eigenvalue weighted by atomic mass is 32.2. The number of aromatic nitrogens is 4. The lowest BCUT2D eigenvalue weighted by molar-refractivity contribution is 0.579. The second kappa shape index (κ2) is 7.36. The Morgan fingerprint density at radius 2 is 1.96 bits per heavy atom. The molecule has 0 aromatic carbocycles. The largest absolute Gasteiger partial charge is 0.356 e. The van der Waals surface area contributed by atoms with Gasteiger partial charge in [0.05, 0.1) is 6.33 Å². The average molecular weight is 365 g/mol. The molecule has 1 aliphatic rings. The first-order valence-electron chi connectivity index (χ1n) is 8.26. The Morgan fingerprint density at radius 1 is 1.20 bits per heavy atom. The number of imidazole rings is 1. The van der Waals surface area contributed by atoms with Crippen molar-refractivity contribution < 1.29 is 8.42 Å². The number of nitrogens with one attached hydrogen (secondary N) is 2. The van der Waals surface area contributed by atoms with Crippen LogP contribution in [-0.2, 0) is 17.1 Å². The van der Waals surface area contributed by atoms with Gasteiger partial charge in [0.2, 0.25) is 5.95 Å². The fourth-order valence-electron chi connectivity index (χ4n) is 2.70. The molecule has 0 bridgehead atoms. The van der Waals surface area contributed by atoms with Gasteiger partial charge in [0.25, 0.3) is 10.0 Å². The van der Waals surface area contributed by atoms with E-state index in [9.17, 15) is 8.42 Å². The molecule has 1 saturated heterocycles. The molecule has 2 aromatic heterocycles. The van der Waals surface area contributed by atoms with Crippen molar-refractivity contribution in [2.24, 2.45) is 7.05 Å². The number of hydrogen-bond donors (Lipinski definition) is 2. The highest BCUT2D eigenvalue weighted by Gasteiger charge is 2.17. The van der Waals surface area contributed by atoms with E-state index in [1.54, 1.807) is 11.6 Å². The first-order valence-corrected chi connectivity index (χ1v) is 9.74. The van der Waals surface area contributed by atoms with Crippen LogP contribution in [0.3, 0.4) is 0 Å². The third-order valence-corrected chi connectivity index (χ3v) is 5.27. The van der Waals surface area contributed by atoms with Crippen molar-refractivity contribution in [3.8, 4) is 0 Å². The molecule has 10 heteroatoms. The fourth-order valence-corrected chi connectivity index (χ4v) is 3.71. The molecule has 3 heterocycles. The van der Waals surface area contributed by atoms with Gasteiger partial charge in [-0.1, -0.05) is 0 Å². The Morgan fingerprint density at radius 3 is 2.64 bits per heavy atom. The van der Waals surface area contributed by atoms with Crippen LogP contribution in [0.5, 0.6) is 0 Å². The van der Waals surface area contributed by atoms with Gasteiger partial charge in [0.1, 0.15) is 5.82 Å². The predicted molar refractivity (Wildman–Crippen MR) is 95.1 cm³/mol. The molecule has 136 valence electrons. The third-order valence-electron chi connectivity index (χ3n) is 3.93. The molecule has 9 nitrogen and oxygen atoms in total. The van der Waals surface area contributed by atoms with Gasteiger partial charge in [0.15, 0.2) is 5.03 Å². The lowest BCUT2D eigenvalue weighted by Gasteiger charge is -2.17. The molecule has 3 rings (SSSR count). The van der Waals surface area contributed by atoms with Crippen LogP contribution in [0.4, 0.5) is 11.8 Å². The first-order chi connectivity index (χ1) is 11.9. The van der Waals surface area contributed by atoms with Crippen LogP contribution in [0.1, 0.15) is 18.5 Å². The molecule has 0 amide bonds. The zero-order chi connectivity index (χ0) is 17.9. The molecule has 0 spiro atoms. The molecular weight excluding hydrogens is 342 g/mol. The summed E-state index contributed by atoms with van der Waals surface area (Å²) in [4.78, 5) is 15.0. The summed E-state index contributed by atoms with van der Waals surface area (Å²) < 4.78 is 28.3. The predicted octanol–water partition coefficient (Wildman–Crippen LogP) is 0.509. The number of hydrogen-bond acceptors (Lipinski definition) is 7. The molecule has 0 atom stereocenters. The average Bonchev–Trinajstić information content (AvgIpc) is 3.23. The van der Waals surface area contributed by atoms with Crippen molar-refractivity contribution in [3.63, 3.8) is 0 Å². The molecule has 1 fully saturated rings. The van der Waals surface area contributed by atoms with E-state index < -0.39 is 10.0 Å². The van der Waals surface area contributed by atoms with Gasteiger partial charge in [-0.2, -0.15) is 4.98 Å². The highest BCUT2D eigenvalue weighted by Crippen LogP contribution is 2.19. The van der Waals surface area contributed by atoms with Crippen molar-refractivity contribution in [2.45, 2.75) is 24.8 Å². The van der Waals surface area contributed by atoms with Gasteiger partial charge in [-0.15, -0.1) is 0 Å². The lowest BCUT2D eigenvalue weighted by atomic mass is 10.4. The Balaban J connectivity index is 1.55. The van der Waals surface area contributed by atoms with Crippen LogP contribution in [0.2, 0.25) is 0 Å². The molecular formula is C15H23N7O2S. The maximum Gasteiger partial charge on any atom is 0.259 e. The monoisotopic (exact) mass is 365 g/mol. The van der Waals surface area contributed by atoms with Gasteiger partial charge < -0.3 is 14.8 Å². The van der Waals surface area contributed by atoms with Gasteiger partial charge in [-0.25, -0.2) is 23.1 Å². The van der Waals surface area contributed by atoms with E-state index >= 15 is 0 Å². The Kier molecular flexibility index (Phi) is 5.19. The zero-order valence-corrected chi connectivity index (χ0v) is 15.3. The van der Waals surface area contributed by atoms with Crippen LogP contribution in [0, 0.1) is 6.92 Å². The van der Waals surface area contributed by atoms with Crippen molar-refractivity contribution in [3.05, 3.63) is 24.3 Å². The summed E-state index contributed by atoms with van der Waals surface area (Å²) in [6, 6.07) is 1.97. The summed E-state index contributed by atoms with van der Waals surface area (Å²) in [7, 11) is -1.87. The minimum Gasteiger partial charge on any atom is -0.356 e. The smallest absolute Gasteiger partial charge is 0.259 e. The van der Waals surface area contributed by atoms with Crippen LogP contribution in [-0.4, -0.2) is 54.1 Å². The van der Waals surface area contributed by atoms with E-state index in [4.69, 9.17) is 0 Å². The van der Waals surface area contributed by atoms with E-state index in [0.29, 0.717) is 12.5 Å². The molecule has 2 N–H and O–H groups in total. The molecule has 25 heavy (non-hydrogen) atoms. The van der Waals surface area contributed by atoms with Gasteiger partial charge in [-0.05, 0) is 19.8 Å². The summed E-state index contributed by atoms with van der Waals surface area (Å²) in [6.45, 7) is 4.56. The standard InChI is InChI=1S/C15H23N7O2S/c1-12-9-13(22-7-3-4-8-22)20-15(19-12)16-5-6-18-25(23,24)14-10-21(2)11-17-14/h9-11,18H,3-8H2,1-2H3,(H,16,19,20). The maximum absolute atomic E-state index is 12.1. The molecule has 1 aliphatic heterocycles. The van der Waals surface area contributed by atoms with Crippen LogP contribution in [0.15, 0.2) is 23.6 Å². The quantitative estimate of drug-likeness (QED) is 0.689. The Hall–Kier alpha value is -2.20. The SMILES string of the molecule is Cc1cc(N2CCCC2)nc(NCCNS(=O)(=O)c2cn(C)cn2)n1. The summed E-state index contributed by atoms with van der Waals surface area (Å²) in [5, 5.41) is 3.09. The van der Waals surface area contributed by atoms with Crippen molar-refractivity contribution in [1.29, 1.82) is 0 Å². The zero-order valence-electron chi connectivity index (χ0n) is 14.4. The molecule has 0 radical (unpaired) electrons. The van der Waals surface area contributed by atoms with Crippen LogP contribution in [0.25, 0.3) is 0 Å². The molecule has 2 aromatic rings. The van der Waals surface area contributed by atoms with E-state index in [1.807, 2.05) is 13.0 Å². The summed E-state index contributed by atoms with van der Waals surface area (Å²) in [5.41, 5.74) is 0.883. The topological polar surface area (TPSA) is 105 Å². The van der Waals surface area contributed by atoms with Crippen molar-refractivity contribution in [1.82, 2.24) is 24.2 Å². The van der Waals surface area contributed by atoms with Gasteiger partial charge >= 0.3 is 0 Å². The van der Waals surface area contributed by atoms with Crippen molar-refractivity contribution >= 4 is 21.8 Å². The number of anilines is 2. The minimum atomic E-state index is -3.59. The minimum absolute atomic E-state index is 0.0122. The van der Waals surface area contributed by atoms with Gasteiger partial charge in [0, 0.05) is 51.2 Å². The molecule has 0 aliphatic carbocycles. The highest BCUT2D eigenvalue weighted by molar-refractivity contribution is 7.89. The molecule has 0 saturated carbocycles. The molecule has 0 unspecified atom stereocenters. The second-order valence-corrected chi connectivity index (χ2v) is 7.80. The van der Waals surface area contributed by atoms with E-state index in [1.165, 1.54) is 25.4 Å². The fraction of sp³-hybridized carbons (Fsp3) is 0.533. The third kappa shape index (κ3) is 4.45. The number of aryl methyl sites for hydroxylation is 2. The van der Waals surface area contributed by atoms with E-state index in [0.717, 1.165) is 24.6 Å². The second-order valence-electron chi connectivity index (χ2n) is 6.09. The number of rotatable bonds is 7. The first kappa shape index (κ1) is 17.6. The van der Waals surface area contributed by atoms with Crippen LogP contribution >= 0.6 is 0 Å².